The van der Waals surface area contributed by atoms with Crippen LogP contribution in [0.15, 0.2) is 0 Å². The van der Waals surface area contributed by atoms with Crippen LogP contribution in [0.4, 0.5) is 0 Å². The molecule has 0 spiro atoms. The van der Waals surface area contributed by atoms with Crippen molar-refractivity contribution in [3.63, 3.8) is 0 Å². The quantitative estimate of drug-likeness (QED) is 0.538. The minimum atomic E-state index is 0.709. The van der Waals surface area contributed by atoms with Crippen LogP contribution >= 0.6 is 11.8 Å². The van der Waals surface area contributed by atoms with Gasteiger partial charge in [-0.3, -0.25) is 0 Å². The lowest BCUT2D eigenvalue weighted by atomic mass is 10.2. The molecule has 0 rings (SSSR count). The van der Waals surface area contributed by atoms with Gasteiger partial charge in [0.05, 0.1) is 0 Å². The Morgan fingerprint density at radius 2 is 1.73 bits per heavy atom. The van der Waals surface area contributed by atoms with E-state index < -0.39 is 0 Å². The van der Waals surface area contributed by atoms with Crippen molar-refractivity contribution in [1.82, 2.24) is 5.32 Å². The van der Waals surface area contributed by atoms with E-state index in [2.05, 4.69) is 37.8 Å². The highest BCUT2D eigenvalue weighted by atomic mass is 32.2. The molecule has 0 aromatic carbocycles. The summed E-state index contributed by atoms with van der Waals surface area (Å²) in [6, 6.07) is 0.709. The maximum atomic E-state index is 3.53. The van der Waals surface area contributed by atoms with Gasteiger partial charge in [0, 0.05) is 6.04 Å². The summed E-state index contributed by atoms with van der Waals surface area (Å²) < 4.78 is 0. The highest BCUT2D eigenvalue weighted by molar-refractivity contribution is 7.99. The second kappa shape index (κ2) is 12.4. The molecule has 0 aliphatic heterocycles. The monoisotopic (exact) mass is 231 g/mol. The van der Waals surface area contributed by atoms with Crippen molar-refractivity contribution < 1.29 is 0 Å². The maximum Gasteiger partial charge on any atom is 0.00390 e. The fraction of sp³-hybridized carbons (Fsp3) is 1.00. The molecule has 15 heavy (non-hydrogen) atoms. The third-order valence-electron chi connectivity index (χ3n) is 2.56. The summed E-state index contributed by atoms with van der Waals surface area (Å²) in [5.74, 6) is 2.71. The molecule has 0 radical (unpaired) electrons. The molecule has 2 heteroatoms. The number of nitrogens with one attached hydrogen (secondary N) is 1. The molecule has 0 aromatic rings. The Bertz CT molecular complexity index is 117. The minimum absolute atomic E-state index is 0.709. The topological polar surface area (TPSA) is 12.0 Å². The lowest BCUT2D eigenvalue weighted by Crippen LogP contribution is -2.26. The zero-order valence-electron chi connectivity index (χ0n) is 10.8. The van der Waals surface area contributed by atoms with Crippen LogP contribution in [0, 0.1) is 0 Å². The third kappa shape index (κ3) is 12.2. The van der Waals surface area contributed by atoms with Crippen molar-refractivity contribution in [3.8, 4) is 0 Å². The number of thioether (sulfide) groups is 1. The van der Waals surface area contributed by atoms with E-state index in [-0.39, 0.29) is 0 Å². The Morgan fingerprint density at radius 1 is 1.00 bits per heavy atom. The maximum absolute atomic E-state index is 3.53. The second-order valence-corrected chi connectivity index (χ2v) is 5.54. The normalized spacial score (nSPS) is 13.0. The van der Waals surface area contributed by atoms with E-state index >= 15 is 0 Å². The van der Waals surface area contributed by atoms with Crippen molar-refractivity contribution in [2.24, 2.45) is 0 Å². The number of unbranched alkanes of at least 4 members (excludes halogenated alkanes) is 2. The summed E-state index contributed by atoms with van der Waals surface area (Å²) in [4.78, 5) is 0. The minimum Gasteiger partial charge on any atom is -0.314 e. The largest absolute Gasteiger partial charge is 0.314 e. The predicted molar refractivity (Wildman–Crippen MR) is 73.8 cm³/mol. The molecule has 1 nitrogen and oxygen atoms in total. The molecule has 0 heterocycles. The summed E-state index contributed by atoms with van der Waals surface area (Å²) in [6.45, 7) is 7.97. The first-order valence-corrected chi connectivity index (χ1v) is 7.77. The zero-order valence-corrected chi connectivity index (χ0v) is 11.7. The van der Waals surface area contributed by atoms with Crippen molar-refractivity contribution in [1.29, 1.82) is 0 Å². The van der Waals surface area contributed by atoms with Crippen molar-refractivity contribution in [2.75, 3.05) is 18.1 Å². The van der Waals surface area contributed by atoms with Gasteiger partial charge in [0.25, 0.3) is 0 Å². The Kier molecular flexibility index (Phi) is 12.6. The zero-order chi connectivity index (χ0) is 11.4. The van der Waals surface area contributed by atoms with Crippen LogP contribution in [0.3, 0.4) is 0 Å². The lowest BCUT2D eigenvalue weighted by Gasteiger charge is -2.12. The van der Waals surface area contributed by atoms with E-state index in [1.165, 1.54) is 56.6 Å². The van der Waals surface area contributed by atoms with Crippen LogP contribution in [0.25, 0.3) is 0 Å². The summed E-state index contributed by atoms with van der Waals surface area (Å²) in [7, 11) is 0. The van der Waals surface area contributed by atoms with E-state index in [1.807, 2.05) is 0 Å². The van der Waals surface area contributed by atoms with Gasteiger partial charge in [0.15, 0.2) is 0 Å². The first kappa shape index (κ1) is 15.3. The standard InChI is InChI=1S/C13H29NS/c1-4-6-7-11-15-12-8-9-13(3)14-10-5-2/h13-14H,4-12H2,1-3H3. The van der Waals surface area contributed by atoms with E-state index in [0.717, 1.165) is 0 Å². The molecule has 0 aliphatic rings. The Labute approximate surface area is 101 Å². The second-order valence-electron chi connectivity index (χ2n) is 4.32. The Morgan fingerprint density at radius 3 is 2.40 bits per heavy atom. The lowest BCUT2D eigenvalue weighted by molar-refractivity contribution is 0.510. The molecule has 1 unspecified atom stereocenters. The SMILES string of the molecule is CCCCCSCCCC(C)NCCC. The highest BCUT2D eigenvalue weighted by Crippen LogP contribution is 2.09. The third-order valence-corrected chi connectivity index (χ3v) is 3.72. The molecular weight excluding hydrogens is 202 g/mol. The first-order valence-electron chi connectivity index (χ1n) is 6.62. The van der Waals surface area contributed by atoms with Gasteiger partial charge in [-0.1, -0.05) is 26.7 Å². The van der Waals surface area contributed by atoms with Crippen molar-refractivity contribution >= 4 is 11.8 Å². The van der Waals surface area contributed by atoms with E-state index in [9.17, 15) is 0 Å². The molecule has 0 aromatic heterocycles. The molecular formula is C13H29NS. The van der Waals surface area contributed by atoms with Gasteiger partial charge in [-0.25, -0.2) is 0 Å². The van der Waals surface area contributed by atoms with Crippen molar-refractivity contribution in [2.45, 2.75) is 65.3 Å². The van der Waals surface area contributed by atoms with Gasteiger partial charge < -0.3 is 5.32 Å². The fourth-order valence-electron chi connectivity index (χ4n) is 1.54. The van der Waals surface area contributed by atoms with Crippen molar-refractivity contribution in [3.05, 3.63) is 0 Å². The predicted octanol–water partition coefficient (Wildman–Crippen LogP) is 4.08. The average molecular weight is 231 g/mol. The van der Waals surface area contributed by atoms with Gasteiger partial charge in [-0.15, -0.1) is 0 Å². The number of rotatable bonds is 11. The van der Waals surface area contributed by atoms with Crippen LogP contribution in [0.1, 0.15) is 59.3 Å². The Hall–Kier alpha value is 0.310. The van der Waals surface area contributed by atoms with Crippen LogP contribution in [-0.4, -0.2) is 24.1 Å². The molecule has 0 aliphatic carbocycles. The van der Waals surface area contributed by atoms with Gasteiger partial charge in [-0.2, -0.15) is 11.8 Å². The Balaban J connectivity index is 3.02. The summed E-state index contributed by atoms with van der Waals surface area (Å²) in [6.07, 6.45) is 8.11. The molecule has 0 bridgehead atoms. The van der Waals surface area contributed by atoms with E-state index in [4.69, 9.17) is 0 Å². The van der Waals surface area contributed by atoms with Gasteiger partial charge in [0.2, 0.25) is 0 Å². The molecule has 0 saturated carbocycles. The summed E-state index contributed by atoms with van der Waals surface area (Å²) in [5, 5.41) is 3.53. The van der Waals surface area contributed by atoms with E-state index in [0.29, 0.717) is 6.04 Å². The van der Waals surface area contributed by atoms with Crippen LogP contribution in [0.5, 0.6) is 0 Å². The van der Waals surface area contributed by atoms with E-state index in [1.54, 1.807) is 0 Å². The van der Waals surface area contributed by atoms with Crippen LogP contribution in [0.2, 0.25) is 0 Å². The number of hydrogen-bond acceptors (Lipinski definition) is 2. The summed E-state index contributed by atoms with van der Waals surface area (Å²) in [5.41, 5.74) is 0. The molecule has 1 atom stereocenters. The van der Waals surface area contributed by atoms with Gasteiger partial charge >= 0.3 is 0 Å². The molecule has 1 N–H and O–H groups in total. The average Bonchev–Trinajstić information content (AvgIpc) is 2.25. The molecule has 0 amide bonds. The summed E-state index contributed by atoms with van der Waals surface area (Å²) >= 11 is 2.13. The fourth-order valence-corrected chi connectivity index (χ4v) is 2.52. The van der Waals surface area contributed by atoms with Gasteiger partial charge in [0.1, 0.15) is 0 Å². The highest BCUT2D eigenvalue weighted by Gasteiger charge is 1.99. The number of hydrogen-bond donors (Lipinski definition) is 1. The first-order chi connectivity index (χ1) is 7.31. The molecule has 0 saturated heterocycles. The van der Waals surface area contributed by atoms with Gasteiger partial charge in [-0.05, 0) is 50.7 Å². The van der Waals surface area contributed by atoms with Crippen LogP contribution in [-0.2, 0) is 0 Å². The van der Waals surface area contributed by atoms with Crippen LogP contribution < -0.4 is 5.32 Å². The smallest absolute Gasteiger partial charge is 0.00390 e. The molecule has 0 fully saturated rings. The molecule has 92 valence electrons.